The number of hydrogen-bond donors (Lipinski definition) is 1. The van der Waals surface area contributed by atoms with E-state index in [1.165, 1.54) is 23.4 Å². The summed E-state index contributed by atoms with van der Waals surface area (Å²) in [6.45, 7) is 3.14. The third kappa shape index (κ3) is 3.88. The van der Waals surface area contributed by atoms with Crippen LogP contribution >= 0.6 is 11.3 Å². The zero-order valence-corrected chi connectivity index (χ0v) is 13.9. The van der Waals surface area contributed by atoms with Crippen molar-refractivity contribution in [1.29, 1.82) is 0 Å². The molecule has 0 bridgehead atoms. The summed E-state index contributed by atoms with van der Waals surface area (Å²) >= 11 is 1.77. The first-order chi connectivity index (χ1) is 10.9. The van der Waals surface area contributed by atoms with Gasteiger partial charge in [0.1, 0.15) is 6.10 Å². The van der Waals surface area contributed by atoms with Crippen molar-refractivity contribution in [2.24, 2.45) is 0 Å². The van der Waals surface area contributed by atoms with Crippen LogP contribution in [0, 0.1) is 0 Å². The molecule has 1 atom stereocenters. The molecule has 0 amide bonds. The molecule has 118 valence electrons. The Hall–Kier alpha value is -1.36. The van der Waals surface area contributed by atoms with Crippen LogP contribution < -0.4 is 10.2 Å². The van der Waals surface area contributed by atoms with Crippen LogP contribution in [0.2, 0.25) is 0 Å². The van der Waals surface area contributed by atoms with Gasteiger partial charge in [0.25, 0.3) is 0 Å². The summed E-state index contributed by atoms with van der Waals surface area (Å²) in [5, 5.41) is 5.80. The minimum Gasteiger partial charge on any atom is -0.375 e. The lowest BCUT2D eigenvalue weighted by Gasteiger charge is -2.34. The number of piperidine rings is 1. The average molecular weight is 316 g/mol. The van der Waals surface area contributed by atoms with Crippen LogP contribution in [0.5, 0.6) is 0 Å². The van der Waals surface area contributed by atoms with E-state index in [1.54, 1.807) is 18.4 Å². The zero-order chi connectivity index (χ0) is 15.2. The number of methoxy groups -OCH3 is 1. The lowest BCUT2D eigenvalue weighted by Crippen LogP contribution is -2.43. The molecule has 4 heteroatoms. The second-order valence-electron chi connectivity index (χ2n) is 5.74. The minimum absolute atomic E-state index is 0.173. The summed E-state index contributed by atoms with van der Waals surface area (Å²) in [6.07, 6.45) is 2.55. The Kier molecular flexibility index (Phi) is 5.48. The predicted molar refractivity (Wildman–Crippen MR) is 93.7 cm³/mol. The fraction of sp³-hybridized carbons (Fsp3) is 0.444. The molecule has 2 aromatic rings. The van der Waals surface area contributed by atoms with E-state index < -0.39 is 0 Å². The van der Waals surface area contributed by atoms with Gasteiger partial charge in [-0.2, -0.15) is 0 Å². The lowest BCUT2D eigenvalue weighted by molar-refractivity contribution is 0.101. The number of anilines is 1. The second kappa shape index (κ2) is 7.77. The maximum Gasteiger partial charge on any atom is 0.104 e. The van der Waals surface area contributed by atoms with Crippen LogP contribution in [-0.4, -0.2) is 32.8 Å². The van der Waals surface area contributed by atoms with Gasteiger partial charge in [-0.15, -0.1) is 11.3 Å². The molecule has 1 aliphatic rings. The lowest BCUT2D eigenvalue weighted by atomic mass is 10.0. The highest BCUT2D eigenvalue weighted by atomic mass is 32.1. The Morgan fingerprint density at radius 1 is 1.18 bits per heavy atom. The molecular weight excluding hydrogens is 292 g/mol. The molecule has 3 nitrogen and oxygen atoms in total. The van der Waals surface area contributed by atoms with Crippen LogP contribution in [0.25, 0.3) is 0 Å². The highest BCUT2D eigenvalue weighted by Crippen LogP contribution is 2.23. The van der Waals surface area contributed by atoms with Crippen molar-refractivity contribution in [2.45, 2.75) is 25.0 Å². The monoisotopic (exact) mass is 316 g/mol. The van der Waals surface area contributed by atoms with Gasteiger partial charge in [-0.05, 0) is 36.4 Å². The van der Waals surface area contributed by atoms with E-state index in [9.17, 15) is 0 Å². The highest BCUT2D eigenvalue weighted by molar-refractivity contribution is 7.10. The molecule has 3 rings (SSSR count). The molecule has 1 N–H and O–H groups in total. The maximum absolute atomic E-state index is 5.61. The molecule has 1 fully saturated rings. The molecule has 1 aromatic heterocycles. The van der Waals surface area contributed by atoms with Gasteiger partial charge in [0.15, 0.2) is 0 Å². The quantitative estimate of drug-likeness (QED) is 0.879. The molecular formula is C18H24N2OS. The van der Waals surface area contributed by atoms with Crippen molar-refractivity contribution in [3.63, 3.8) is 0 Å². The van der Waals surface area contributed by atoms with Gasteiger partial charge in [0.05, 0.1) is 0 Å². The van der Waals surface area contributed by atoms with E-state index in [0.29, 0.717) is 6.04 Å². The van der Waals surface area contributed by atoms with Gasteiger partial charge in [-0.25, -0.2) is 0 Å². The van der Waals surface area contributed by atoms with E-state index in [0.717, 1.165) is 19.6 Å². The van der Waals surface area contributed by atoms with E-state index in [1.807, 2.05) is 0 Å². The predicted octanol–water partition coefficient (Wildman–Crippen LogP) is 3.69. The fourth-order valence-corrected chi connectivity index (χ4v) is 3.83. The molecule has 0 unspecified atom stereocenters. The smallest absolute Gasteiger partial charge is 0.104 e. The summed E-state index contributed by atoms with van der Waals surface area (Å²) in [4.78, 5) is 3.78. The largest absolute Gasteiger partial charge is 0.375 e. The molecule has 0 aliphatic carbocycles. The normalized spacial score (nSPS) is 17.6. The Balaban J connectivity index is 1.46. The van der Waals surface area contributed by atoms with Crippen LogP contribution in [-0.2, 0) is 4.74 Å². The Morgan fingerprint density at radius 2 is 1.95 bits per heavy atom. The third-order valence-electron chi connectivity index (χ3n) is 4.35. The van der Waals surface area contributed by atoms with Gasteiger partial charge >= 0.3 is 0 Å². The number of ether oxygens (including phenoxy) is 1. The molecule has 1 aliphatic heterocycles. The van der Waals surface area contributed by atoms with E-state index in [4.69, 9.17) is 4.74 Å². The Bertz CT molecular complexity index is 535. The standard InChI is InChI=1S/C18H24N2OS/c1-21-17(18-8-5-13-22-18)14-19-15-9-11-20(12-10-15)16-6-3-2-4-7-16/h2-8,13,15,17,19H,9-12,14H2,1H3/t17-/m0/s1. The first kappa shape index (κ1) is 15.5. The molecule has 0 radical (unpaired) electrons. The molecule has 1 aromatic carbocycles. The van der Waals surface area contributed by atoms with Gasteiger partial charge in [0, 0.05) is 43.4 Å². The van der Waals surface area contributed by atoms with E-state index in [2.05, 4.69) is 58.1 Å². The molecule has 2 heterocycles. The Morgan fingerprint density at radius 3 is 2.59 bits per heavy atom. The molecule has 1 saturated heterocycles. The summed E-state index contributed by atoms with van der Waals surface area (Å²) < 4.78 is 5.61. The van der Waals surface area contributed by atoms with Crippen LogP contribution in [0.3, 0.4) is 0 Å². The summed E-state index contributed by atoms with van der Waals surface area (Å²) in [5.41, 5.74) is 1.34. The topological polar surface area (TPSA) is 24.5 Å². The van der Waals surface area contributed by atoms with Gasteiger partial charge < -0.3 is 15.0 Å². The SMILES string of the molecule is CO[C@@H](CNC1CCN(c2ccccc2)CC1)c1cccs1. The number of benzene rings is 1. The van der Waals surface area contributed by atoms with Crippen molar-refractivity contribution in [3.8, 4) is 0 Å². The third-order valence-corrected chi connectivity index (χ3v) is 5.32. The van der Waals surface area contributed by atoms with E-state index in [-0.39, 0.29) is 6.10 Å². The number of hydrogen-bond acceptors (Lipinski definition) is 4. The highest BCUT2D eigenvalue weighted by Gasteiger charge is 2.20. The molecule has 0 saturated carbocycles. The van der Waals surface area contributed by atoms with Crippen molar-refractivity contribution >= 4 is 17.0 Å². The Labute approximate surface area is 136 Å². The first-order valence-electron chi connectivity index (χ1n) is 7.96. The number of rotatable bonds is 6. The number of nitrogens with one attached hydrogen (secondary N) is 1. The fourth-order valence-electron chi connectivity index (χ4n) is 3.03. The number of nitrogens with zero attached hydrogens (tertiary/aromatic N) is 1. The van der Waals surface area contributed by atoms with E-state index >= 15 is 0 Å². The average Bonchev–Trinajstić information content (AvgIpc) is 3.11. The van der Waals surface area contributed by atoms with Crippen LogP contribution in [0.4, 0.5) is 5.69 Å². The second-order valence-corrected chi connectivity index (χ2v) is 6.72. The minimum atomic E-state index is 0.173. The zero-order valence-electron chi connectivity index (χ0n) is 13.1. The summed E-state index contributed by atoms with van der Waals surface area (Å²) in [5.74, 6) is 0. The van der Waals surface area contributed by atoms with Crippen molar-refractivity contribution in [1.82, 2.24) is 5.32 Å². The molecule has 22 heavy (non-hydrogen) atoms. The number of para-hydroxylation sites is 1. The van der Waals surface area contributed by atoms with Crippen molar-refractivity contribution < 1.29 is 4.74 Å². The maximum atomic E-state index is 5.61. The van der Waals surface area contributed by atoms with Crippen LogP contribution in [0.1, 0.15) is 23.8 Å². The van der Waals surface area contributed by atoms with Gasteiger partial charge in [-0.3, -0.25) is 0 Å². The summed E-state index contributed by atoms with van der Waals surface area (Å²) in [6, 6.07) is 15.5. The number of thiophene rings is 1. The van der Waals surface area contributed by atoms with Crippen LogP contribution in [0.15, 0.2) is 47.8 Å². The first-order valence-corrected chi connectivity index (χ1v) is 8.84. The van der Waals surface area contributed by atoms with Crippen molar-refractivity contribution in [2.75, 3.05) is 31.6 Å². The van der Waals surface area contributed by atoms with Crippen molar-refractivity contribution in [3.05, 3.63) is 52.7 Å². The molecule has 0 spiro atoms. The summed E-state index contributed by atoms with van der Waals surface area (Å²) in [7, 11) is 1.80. The van der Waals surface area contributed by atoms with Gasteiger partial charge in [0.2, 0.25) is 0 Å². The van der Waals surface area contributed by atoms with Gasteiger partial charge in [-0.1, -0.05) is 24.3 Å².